The van der Waals surface area contributed by atoms with Crippen LogP contribution in [0.4, 0.5) is 0 Å². The Morgan fingerprint density at radius 2 is 0.969 bits per heavy atom. The third kappa shape index (κ3) is 12.7. The van der Waals surface area contributed by atoms with Gasteiger partial charge in [-0.25, -0.2) is 20.0 Å². The molecule has 1 aliphatic rings. The fourth-order valence-corrected chi connectivity index (χ4v) is 1.65. The summed E-state index contributed by atoms with van der Waals surface area (Å²) < 4.78 is 0. The minimum Gasteiger partial charge on any atom is -0.358 e. The molecule has 0 amide bonds. The molecule has 12 heteroatoms. The van der Waals surface area contributed by atoms with E-state index in [2.05, 4.69) is 30.0 Å². The Balaban J connectivity index is 3.05. The summed E-state index contributed by atoms with van der Waals surface area (Å²) in [4.78, 5) is 42.5. The zero-order chi connectivity index (χ0) is 23.3. The number of hydrogen-bond donors (Lipinski definition) is 0. The molecule has 0 N–H and O–H groups in total. The average molecular weight is 434 g/mol. The van der Waals surface area contributed by atoms with Gasteiger partial charge in [0, 0.05) is 6.08 Å². The van der Waals surface area contributed by atoms with Crippen molar-refractivity contribution in [3.63, 3.8) is 0 Å². The van der Waals surface area contributed by atoms with Gasteiger partial charge in [0.2, 0.25) is 6.34 Å². The maximum absolute atomic E-state index is 11.2. The maximum Gasteiger partial charge on any atom is 0.432 e. The van der Waals surface area contributed by atoms with Gasteiger partial charge in [0.1, 0.15) is 25.4 Å². The summed E-state index contributed by atoms with van der Waals surface area (Å²) in [5.74, 6) is -0.977. The lowest BCUT2D eigenvalue weighted by atomic mass is 10.2. The Hall–Kier alpha value is -4.74. The second kappa shape index (κ2) is 17.1. The van der Waals surface area contributed by atoms with Crippen LogP contribution < -0.4 is 0 Å². The first kappa shape index (κ1) is 25.3. The standard InChI is InChI=1S/C20H18N8O4/c29-27(30)19-12-10-8-6-4-2-1-3-5-7-9-11-13-21-14-22-15-23-16-24-17-25-18-26-20(19)28(31)32/h1-18H/b3-1+,4-2+,7-5+,8-6-,11-9-,12-10-,21-14?,22-15?,23-16?,24-17?,25-18?,26-20?. The van der Waals surface area contributed by atoms with E-state index in [0.29, 0.717) is 0 Å². The molecule has 0 saturated carbocycles. The lowest BCUT2D eigenvalue weighted by Crippen LogP contribution is -2.26. The van der Waals surface area contributed by atoms with Crippen LogP contribution in [0.1, 0.15) is 0 Å². The van der Waals surface area contributed by atoms with Crippen LogP contribution in [0.2, 0.25) is 0 Å². The molecule has 0 atom stereocenters. The van der Waals surface area contributed by atoms with Crippen molar-refractivity contribution < 1.29 is 9.85 Å². The second-order valence-electron chi connectivity index (χ2n) is 5.11. The van der Waals surface area contributed by atoms with Gasteiger partial charge in [-0.3, -0.25) is 15.1 Å². The Kier molecular flexibility index (Phi) is 13.6. The molecule has 162 valence electrons. The lowest BCUT2D eigenvalue weighted by molar-refractivity contribution is -0.463. The third-order valence-corrected chi connectivity index (χ3v) is 2.92. The van der Waals surface area contributed by atoms with E-state index in [4.69, 9.17) is 0 Å². The molecule has 0 spiro atoms. The zero-order valence-electron chi connectivity index (χ0n) is 16.6. The van der Waals surface area contributed by atoms with Crippen molar-refractivity contribution in [1.82, 2.24) is 0 Å². The molecule has 2 radical (unpaired) electrons. The highest BCUT2D eigenvalue weighted by atomic mass is 16.6. The number of nitrogens with zero attached hydrogens (tertiary/aromatic N) is 8. The average Bonchev–Trinajstić information content (AvgIpc) is 2.76. The predicted octanol–water partition coefficient (Wildman–Crippen LogP) is 3.12. The summed E-state index contributed by atoms with van der Waals surface area (Å²) >= 11 is 0. The fourth-order valence-electron chi connectivity index (χ4n) is 1.65. The predicted molar refractivity (Wildman–Crippen MR) is 126 cm³/mol. The first-order valence-electron chi connectivity index (χ1n) is 8.78. The Bertz CT molecular complexity index is 980. The van der Waals surface area contributed by atoms with Crippen molar-refractivity contribution >= 4 is 37.5 Å². The van der Waals surface area contributed by atoms with Gasteiger partial charge < -0.3 is 10.1 Å². The third-order valence-electron chi connectivity index (χ3n) is 2.92. The molecule has 12 nitrogen and oxygen atoms in total. The van der Waals surface area contributed by atoms with Gasteiger partial charge in [-0.05, 0) is 9.92 Å². The molecule has 0 aromatic heterocycles. The molecule has 1 aliphatic heterocycles. The highest BCUT2D eigenvalue weighted by Crippen LogP contribution is 2.08. The van der Waals surface area contributed by atoms with Crippen molar-refractivity contribution in [3.05, 3.63) is 106 Å². The monoisotopic (exact) mass is 434 g/mol. The van der Waals surface area contributed by atoms with Crippen LogP contribution in [0.15, 0.2) is 103 Å². The van der Waals surface area contributed by atoms with Gasteiger partial charge in [-0.1, -0.05) is 66.8 Å². The maximum atomic E-state index is 11.2. The summed E-state index contributed by atoms with van der Waals surface area (Å²) in [6, 6.07) is -0.803. The van der Waals surface area contributed by atoms with Crippen molar-refractivity contribution in [2.24, 2.45) is 30.0 Å². The van der Waals surface area contributed by atoms with Gasteiger partial charge in [-0.15, -0.1) is 0 Å². The molecule has 0 saturated heterocycles. The van der Waals surface area contributed by atoms with Gasteiger partial charge in [-0.2, -0.15) is 0 Å². The summed E-state index contributed by atoms with van der Waals surface area (Å²) in [6.07, 6.45) is 24.8. The first-order chi connectivity index (χ1) is 15.6. The Labute approximate surface area is 183 Å². The summed E-state index contributed by atoms with van der Waals surface area (Å²) in [6.45, 7) is 1.55. The van der Waals surface area contributed by atoms with E-state index in [1.165, 1.54) is 24.8 Å². The lowest BCUT2D eigenvalue weighted by Gasteiger charge is -1.98. The van der Waals surface area contributed by atoms with E-state index in [0.717, 1.165) is 25.1 Å². The molecule has 1 rings (SSSR count). The second-order valence-corrected chi connectivity index (χ2v) is 5.11. The highest BCUT2D eigenvalue weighted by Gasteiger charge is 2.37. The quantitative estimate of drug-likeness (QED) is 0.458. The van der Waals surface area contributed by atoms with Crippen LogP contribution in [0.5, 0.6) is 0 Å². The van der Waals surface area contributed by atoms with E-state index in [9.17, 15) is 20.2 Å². The number of nitro groups is 2. The van der Waals surface area contributed by atoms with Crippen LogP contribution in [-0.4, -0.2) is 47.4 Å². The summed E-state index contributed by atoms with van der Waals surface area (Å²) in [5, 5.41) is 22.3. The van der Waals surface area contributed by atoms with E-state index >= 15 is 0 Å². The largest absolute Gasteiger partial charge is 0.432 e. The van der Waals surface area contributed by atoms with Crippen LogP contribution in [-0.2, 0) is 0 Å². The number of allylic oxidation sites excluding steroid dienone is 10. The molecule has 0 unspecified atom stereocenters. The van der Waals surface area contributed by atoms with Gasteiger partial charge in [0.15, 0.2) is 0 Å². The normalized spacial score (nSPS) is 22.4. The van der Waals surface area contributed by atoms with E-state index in [1.54, 1.807) is 61.2 Å². The van der Waals surface area contributed by atoms with Gasteiger partial charge >= 0.3 is 11.9 Å². The number of amidine groups is 1. The zero-order valence-corrected chi connectivity index (χ0v) is 16.6. The van der Waals surface area contributed by atoms with Crippen molar-refractivity contribution in [3.8, 4) is 0 Å². The topological polar surface area (TPSA) is 160 Å². The SMILES string of the molecule is O=[N+]([O-])[C]1\C=C/C=C\C=C\C=C\C=C\C=C/[CH]N=CN=CN=CN=CN=CN=C1[N+](=O)[O-]. The Morgan fingerprint density at radius 1 is 0.531 bits per heavy atom. The number of rotatable bonds is 1. The van der Waals surface area contributed by atoms with Crippen molar-refractivity contribution in [1.29, 1.82) is 0 Å². The molecular weight excluding hydrogens is 416 g/mol. The molecule has 0 aromatic carbocycles. The molecule has 0 aromatic rings. The smallest absolute Gasteiger partial charge is 0.358 e. The molecule has 0 bridgehead atoms. The molecule has 32 heavy (non-hydrogen) atoms. The van der Waals surface area contributed by atoms with Crippen LogP contribution in [0, 0.1) is 32.8 Å². The summed E-state index contributed by atoms with van der Waals surface area (Å²) in [5.41, 5.74) is 0. The molecule has 0 aliphatic carbocycles. The van der Waals surface area contributed by atoms with E-state index in [-0.39, 0.29) is 0 Å². The van der Waals surface area contributed by atoms with Gasteiger partial charge in [0.25, 0.3) is 0 Å². The van der Waals surface area contributed by atoms with Gasteiger partial charge in [0.05, 0.1) is 11.5 Å². The van der Waals surface area contributed by atoms with E-state index in [1.807, 2.05) is 0 Å². The summed E-state index contributed by atoms with van der Waals surface area (Å²) in [7, 11) is 0. The van der Waals surface area contributed by atoms with Crippen LogP contribution in [0.25, 0.3) is 0 Å². The highest BCUT2D eigenvalue weighted by molar-refractivity contribution is 5.94. The molecular formula is C20H18N8O4. The molecule has 0 fully saturated rings. The van der Waals surface area contributed by atoms with Crippen LogP contribution in [0.3, 0.4) is 0 Å². The van der Waals surface area contributed by atoms with Crippen molar-refractivity contribution in [2.75, 3.05) is 0 Å². The van der Waals surface area contributed by atoms with Crippen molar-refractivity contribution in [2.45, 2.75) is 0 Å². The fraction of sp³-hybridized carbons (Fsp3) is 0. The number of aliphatic imine (C=N–C) groups is 6. The van der Waals surface area contributed by atoms with Crippen LogP contribution >= 0.6 is 0 Å². The minimum absolute atomic E-state index is 0.764. The first-order valence-corrected chi connectivity index (χ1v) is 8.78. The number of hydrogen-bond acceptors (Lipinski definition) is 10. The Morgan fingerprint density at radius 3 is 1.47 bits per heavy atom. The van der Waals surface area contributed by atoms with E-state index < -0.39 is 21.7 Å². The minimum atomic E-state index is -0.978. The molecule has 1 heterocycles.